The lowest BCUT2D eigenvalue weighted by Crippen LogP contribution is -2.17. The molecule has 0 saturated heterocycles. The van der Waals surface area contributed by atoms with Crippen molar-refractivity contribution >= 4 is 17.9 Å². The highest BCUT2D eigenvalue weighted by Crippen LogP contribution is 2.37. The van der Waals surface area contributed by atoms with Crippen molar-refractivity contribution in [1.29, 1.82) is 0 Å². The highest BCUT2D eigenvalue weighted by molar-refractivity contribution is 5.90. The number of aliphatic imine (C=N–C) groups is 1. The van der Waals surface area contributed by atoms with Gasteiger partial charge in [-0.1, -0.05) is 53.7 Å². The summed E-state index contributed by atoms with van der Waals surface area (Å²) in [7, 11) is 0. The quantitative estimate of drug-likeness (QED) is 0.722. The molecule has 0 aliphatic heterocycles. The number of phenols is 1. The third kappa shape index (κ3) is 4.51. The first-order valence-corrected chi connectivity index (χ1v) is 8.65. The molecule has 0 amide bonds. The topological polar surface area (TPSA) is 69.9 Å². The predicted octanol–water partition coefficient (Wildman–Crippen LogP) is 5.44. The summed E-state index contributed by atoms with van der Waals surface area (Å²) < 4.78 is 0. The number of benzene rings is 2. The van der Waals surface area contributed by atoms with E-state index in [0.717, 1.165) is 11.1 Å². The van der Waals surface area contributed by atoms with Gasteiger partial charge in [-0.25, -0.2) is 4.79 Å². The Balaban J connectivity index is 2.55. The normalized spacial score (nSPS) is 12.5. The smallest absolute Gasteiger partial charge is 0.335 e. The maximum atomic E-state index is 11.1. The fourth-order valence-electron chi connectivity index (χ4n) is 2.62. The number of hydrogen-bond acceptors (Lipinski definition) is 3. The molecule has 0 fully saturated rings. The molecule has 2 rings (SSSR count). The second-order valence-corrected chi connectivity index (χ2v) is 8.58. The van der Waals surface area contributed by atoms with E-state index in [1.165, 1.54) is 12.1 Å². The Morgan fingerprint density at radius 2 is 1.65 bits per heavy atom. The number of rotatable bonds is 3. The molecule has 0 atom stereocenters. The van der Waals surface area contributed by atoms with E-state index < -0.39 is 5.97 Å². The fraction of sp³-hybridized carbons (Fsp3) is 0.364. The van der Waals surface area contributed by atoms with Gasteiger partial charge in [0.1, 0.15) is 5.75 Å². The minimum atomic E-state index is -0.991. The highest BCUT2D eigenvalue weighted by atomic mass is 16.4. The zero-order chi connectivity index (χ0) is 19.7. The molecule has 0 aliphatic rings. The third-order valence-corrected chi connectivity index (χ3v) is 4.26. The highest BCUT2D eigenvalue weighted by Gasteiger charge is 2.24. The van der Waals surface area contributed by atoms with Crippen molar-refractivity contribution in [3.05, 3.63) is 58.7 Å². The summed E-state index contributed by atoms with van der Waals surface area (Å²) in [5.74, 6) is -0.779. The maximum absolute atomic E-state index is 11.1. The molecule has 0 bridgehead atoms. The van der Waals surface area contributed by atoms with Gasteiger partial charge in [-0.15, -0.1) is 0 Å². The Labute approximate surface area is 155 Å². The molecule has 4 heteroatoms. The van der Waals surface area contributed by atoms with Crippen molar-refractivity contribution in [2.75, 3.05) is 0 Å². The average molecular weight is 353 g/mol. The number of aromatic carboxylic acids is 1. The molecule has 138 valence electrons. The molecule has 2 aromatic carbocycles. The molecule has 0 saturated carbocycles. The Morgan fingerprint density at radius 1 is 1.00 bits per heavy atom. The van der Waals surface area contributed by atoms with E-state index in [9.17, 15) is 9.90 Å². The van der Waals surface area contributed by atoms with Gasteiger partial charge in [-0.3, -0.25) is 4.99 Å². The van der Waals surface area contributed by atoms with Crippen LogP contribution < -0.4 is 0 Å². The van der Waals surface area contributed by atoms with Crippen LogP contribution in [0, 0.1) is 0 Å². The summed E-state index contributed by atoms with van der Waals surface area (Å²) in [5.41, 5.74) is 3.04. The number of carboxylic acids is 1. The number of carboxylic acid groups (broad SMARTS) is 1. The second kappa shape index (κ2) is 6.94. The van der Waals surface area contributed by atoms with Gasteiger partial charge in [0.05, 0.1) is 11.3 Å². The van der Waals surface area contributed by atoms with Gasteiger partial charge >= 0.3 is 5.97 Å². The van der Waals surface area contributed by atoms with Gasteiger partial charge in [0, 0.05) is 17.3 Å². The Morgan fingerprint density at radius 3 is 2.19 bits per heavy atom. The van der Waals surface area contributed by atoms with Crippen LogP contribution in [-0.2, 0) is 10.8 Å². The first kappa shape index (κ1) is 19.7. The van der Waals surface area contributed by atoms with Gasteiger partial charge in [-0.05, 0) is 40.7 Å². The molecular weight excluding hydrogens is 326 g/mol. The zero-order valence-corrected chi connectivity index (χ0v) is 16.3. The molecule has 0 aromatic heterocycles. The van der Waals surface area contributed by atoms with E-state index in [0.29, 0.717) is 11.3 Å². The van der Waals surface area contributed by atoms with E-state index in [4.69, 9.17) is 5.11 Å². The maximum Gasteiger partial charge on any atom is 0.335 e. The van der Waals surface area contributed by atoms with Crippen molar-refractivity contribution in [1.82, 2.24) is 0 Å². The lowest BCUT2D eigenvalue weighted by atomic mass is 9.79. The molecular formula is C22H27NO3. The Kier molecular flexibility index (Phi) is 5.26. The van der Waals surface area contributed by atoms with Crippen LogP contribution in [-0.4, -0.2) is 22.4 Å². The monoisotopic (exact) mass is 353 g/mol. The van der Waals surface area contributed by atoms with Gasteiger partial charge in [-0.2, -0.15) is 0 Å². The van der Waals surface area contributed by atoms with Crippen molar-refractivity contribution in [3.63, 3.8) is 0 Å². The van der Waals surface area contributed by atoms with Crippen LogP contribution in [0.1, 0.15) is 68.6 Å². The van der Waals surface area contributed by atoms with E-state index in [2.05, 4.69) is 52.6 Å². The summed E-state index contributed by atoms with van der Waals surface area (Å²) >= 11 is 0. The standard InChI is InChI=1S/C22H27NO3/c1-21(2,3)16-10-15(19(24)18(12-16)22(4,5)6)13-23-17-9-7-8-14(11-17)20(25)26/h7-13,24H,1-6H3,(H,25,26). The van der Waals surface area contributed by atoms with Gasteiger partial charge < -0.3 is 10.2 Å². The van der Waals surface area contributed by atoms with Crippen LogP contribution in [0.15, 0.2) is 41.4 Å². The van der Waals surface area contributed by atoms with E-state index in [1.54, 1.807) is 18.3 Å². The van der Waals surface area contributed by atoms with Crippen LogP contribution in [0.4, 0.5) is 5.69 Å². The van der Waals surface area contributed by atoms with E-state index in [1.807, 2.05) is 6.07 Å². The van der Waals surface area contributed by atoms with Crippen molar-refractivity contribution in [2.45, 2.75) is 52.4 Å². The molecule has 0 spiro atoms. The van der Waals surface area contributed by atoms with Gasteiger partial charge in [0.25, 0.3) is 0 Å². The van der Waals surface area contributed by atoms with Crippen LogP contribution in [0.5, 0.6) is 5.75 Å². The molecule has 0 radical (unpaired) electrons. The molecule has 26 heavy (non-hydrogen) atoms. The first-order valence-electron chi connectivity index (χ1n) is 8.65. The summed E-state index contributed by atoms with van der Waals surface area (Å²) in [6, 6.07) is 10.4. The SMILES string of the molecule is CC(C)(C)c1cc(C=Nc2cccc(C(=O)O)c2)c(O)c(C(C)(C)C)c1. The van der Waals surface area contributed by atoms with Crippen LogP contribution in [0.2, 0.25) is 0 Å². The number of carbonyl (C=O) groups is 1. The van der Waals surface area contributed by atoms with Crippen LogP contribution in [0.3, 0.4) is 0 Å². The summed E-state index contributed by atoms with van der Waals surface area (Å²) in [4.78, 5) is 15.5. The Hall–Kier alpha value is -2.62. The largest absolute Gasteiger partial charge is 0.507 e. The third-order valence-electron chi connectivity index (χ3n) is 4.26. The average Bonchev–Trinajstić information content (AvgIpc) is 2.51. The number of hydrogen-bond donors (Lipinski definition) is 2. The minimum Gasteiger partial charge on any atom is -0.507 e. The van der Waals surface area contributed by atoms with E-state index in [-0.39, 0.29) is 22.1 Å². The van der Waals surface area contributed by atoms with Gasteiger partial charge in [0.15, 0.2) is 0 Å². The van der Waals surface area contributed by atoms with Crippen molar-refractivity contribution in [3.8, 4) is 5.75 Å². The molecule has 4 nitrogen and oxygen atoms in total. The van der Waals surface area contributed by atoms with Crippen molar-refractivity contribution in [2.24, 2.45) is 4.99 Å². The lowest BCUT2D eigenvalue weighted by Gasteiger charge is -2.26. The summed E-state index contributed by atoms with van der Waals surface area (Å²) in [6.45, 7) is 12.6. The van der Waals surface area contributed by atoms with Crippen LogP contribution in [0.25, 0.3) is 0 Å². The summed E-state index contributed by atoms with van der Waals surface area (Å²) in [5, 5.41) is 19.8. The number of nitrogens with zero attached hydrogens (tertiary/aromatic N) is 1. The zero-order valence-electron chi connectivity index (χ0n) is 16.3. The number of aromatic hydroxyl groups is 1. The molecule has 0 heterocycles. The second-order valence-electron chi connectivity index (χ2n) is 8.58. The predicted molar refractivity (Wildman–Crippen MR) is 106 cm³/mol. The molecule has 0 aliphatic carbocycles. The van der Waals surface area contributed by atoms with E-state index >= 15 is 0 Å². The number of phenolic OH excluding ortho intramolecular Hbond substituents is 1. The summed E-state index contributed by atoms with van der Waals surface area (Å²) in [6.07, 6.45) is 1.60. The van der Waals surface area contributed by atoms with Crippen LogP contribution >= 0.6 is 0 Å². The molecule has 0 unspecified atom stereocenters. The fourth-order valence-corrected chi connectivity index (χ4v) is 2.62. The molecule has 2 aromatic rings. The molecule has 2 N–H and O–H groups in total. The van der Waals surface area contributed by atoms with Crippen molar-refractivity contribution < 1.29 is 15.0 Å². The lowest BCUT2D eigenvalue weighted by molar-refractivity contribution is 0.0697. The minimum absolute atomic E-state index is 0.0699. The Bertz CT molecular complexity index is 853. The first-order chi connectivity index (χ1) is 11.9. The van der Waals surface area contributed by atoms with Gasteiger partial charge in [0.2, 0.25) is 0 Å².